The zero-order valence-electron chi connectivity index (χ0n) is 10.3. The molecule has 0 atom stereocenters. The third-order valence-corrected chi connectivity index (χ3v) is 2.16. The highest BCUT2D eigenvalue weighted by Crippen LogP contribution is 2.14. The van der Waals surface area contributed by atoms with E-state index in [2.05, 4.69) is 0 Å². The number of nitrogens with zero attached hydrogens (tertiary/aromatic N) is 2. The van der Waals surface area contributed by atoms with Gasteiger partial charge in [0.15, 0.2) is 6.07 Å². The molecular weight excluding hydrogens is 216 g/mol. The first kappa shape index (κ1) is 13.0. The molecule has 0 heterocycles. The summed E-state index contributed by atoms with van der Waals surface area (Å²) >= 11 is 0. The Labute approximate surface area is 101 Å². The average molecular weight is 232 g/mol. The molecule has 90 valence electrons. The first-order valence-corrected chi connectivity index (χ1v) is 5.43. The number of amides is 1. The van der Waals surface area contributed by atoms with E-state index in [1.807, 2.05) is 38.1 Å². The number of hydrogen-bond acceptors (Lipinski definition) is 3. The second kappa shape index (κ2) is 5.90. The normalized spacial score (nSPS) is 9.82. The number of rotatable bonds is 4. The van der Waals surface area contributed by atoms with Crippen molar-refractivity contribution >= 4 is 5.91 Å². The van der Waals surface area contributed by atoms with Crippen LogP contribution in [0, 0.1) is 11.3 Å². The van der Waals surface area contributed by atoms with Crippen LogP contribution < -0.4 is 4.74 Å². The van der Waals surface area contributed by atoms with Crippen molar-refractivity contribution in [1.82, 2.24) is 4.90 Å². The lowest BCUT2D eigenvalue weighted by atomic mass is 10.2. The number of benzene rings is 1. The van der Waals surface area contributed by atoms with E-state index in [-0.39, 0.29) is 6.10 Å². The van der Waals surface area contributed by atoms with E-state index >= 15 is 0 Å². The molecule has 0 saturated carbocycles. The van der Waals surface area contributed by atoms with Crippen molar-refractivity contribution < 1.29 is 9.53 Å². The molecule has 0 aromatic heterocycles. The third kappa shape index (κ3) is 4.15. The Kier molecular flexibility index (Phi) is 4.53. The van der Waals surface area contributed by atoms with E-state index in [0.717, 1.165) is 11.3 Å². The largest absolute Gasteiger partial charge is 0.491 e. The molecule has 1 amide bonds. The van der Waals surface area contributed by atoms with Gasteiger partial charge in [-0.3, -0.25) is 4.79 Å². The van der Waals surface area contributed by atoms with Crippen molar-refractivity contribution in [3.05, 3.63) is 29.8 Å². The van der Waals surface area contributed by atoms with Gasteiger partial charge in [0, 0.05) is 13.6 Å². The molecule has 4 heteroatoms. The van der Waals surface area contributed by atoms with Crippen LogP contribution in [0.1, 0.15) is 19.4 Å². The standard InChI is InChI=1S/C13H16N2O2/c1-10(2)17-12-6-4-11(5-7-12)9-15(3)13(16)8-14/h4-7,10H,9H2,1-3H3. The van der Waals surface area contributed by atoms with Gasteiger partial charge in [-0.2, -0.15) is 5.26 Å². The lowest BCUT2D eigenvalue weighted by Crippen LogP contribution is -2.24. The molecule has 0 saturated heterocycles. The van der Waals surface area contributed by atoms with E-state index in [1.165, 1.54) is 4.90 Å². The summed E-state index contributed by atoms with van der Waals surface area (Å²) in [6.45, 7) is 4.36. The van der Waals surface area contributed by atoms with Crippen molar-refractivity contribution in [3.8, 4) is 11.8 Å². The van der Waals surface area contributed by atoms with E-state index in [1.54, 1.807) is 13.1 Å². The molecule has 1 aromatic carbocycles. The topological polar surface area (TPSA) is 53.3 Å². The van der Waals surface area contributed by atoms with Gasteiger partial charge in [-0.1, -0.05) is 12.1 Å². The van der Waals surface area contributed by atoms with E-state index in [4.69, 9.17) is 10.00 Å². The van der Waals surface area contributed by atoms with Crippen LogP contribution in [0.25, 0.3) is 0 Å². The predicted molar refractivity (Wildman–Crippen MR) is 64.3 cm³/mol. The van der Waals surface area contributed by atoms with Gasteiger partial charge >= 0.3 is 5.91 Å². The van der Waals surface area contributed by atoms with Crippen LogP contribution in [0.3, 0.4) is 0 Å². The molecule has 0 aliphatic rings. The van der Waals surface area contributed by atoms with Gasteiger partial charge in [-0.05, 0) is 31.5 Å². The van der Waals surface area contributed by atoms with Crippen molar-refractivity contribution in [2.75, 3.05) is 7.05 Å². The van der Waals surface area contributed by atoms with E-state index in [9.17, 15) is 4.79 Å². The second-order valence-corrected chi connectivity index (χ2v) is 4.08. The highest BCUT2D eigenvalue weighted by atomic mass is 16.5. The summed E-state index contributed by atoms with van der Waals surface area (Å²) in [7, 11) is 1.60. The molecule has 0 aliphatic carbocycles. The molecule has 0 fully saturated rings. The molecule has 1 rings (SSSR count). The van der Waals surface area contributed by atoms with Crippen LogP contribution in [0.15, 0.2) is 24.3 Å². The molecule has 0 spiro atoms. The fraction of sp³-hybridized carbons (Fsp3) is 0.385. The molecule has 4 nitrogen and oxygen atoms in total. The van der Waals surface area contributed by atoms with Crippen LogP contribution in [0.4, 0.5) is 0 Å². The Morgan fingerprint density at radius 1 is 1.41 bits per heavy atom. The van der Waals surface area contributed by atoms with E-state index < -0.39 is 5.91 Å². The molecule has 0 N–H and O–H groups in total. The van der Waals surface area contributed by atoms with Crippen LogP contribution in [-0.2, 0) is 11.3 Å². The van der Waals surface area contributed by atoms with Crippen molar-refractivity contribution in [1.29, 1.82) is 5.26 Å². The van der Waals surface area contributed by atoms with Gasteiger partial charge in [0.25, 0.3) is 0 Å². The first-order chi connectivity index (χ1) is 8.02. The molecular formula is C13H16N2O2. The minimum atomic E-state index is -0.535. The Balaban J connectivity index is 2.63. The fourth-order valence-electron chi connectivity index (χ4n) is 1.38. The van der Waals surface area contributed by atoms with Gasteiger partial charge in [-0.15, -0.1) is 0 Å². The number of carbonyl (C=O) groups is 1. The highest BCUT2D eigenvalue weighted by molar-refractivity contribution is 5.90. The minimum Gasteiger partial charge on any atom is -0.491 e. The van der Waals surface area contributed by atoms with Crippen LogP contribution in [0.2, 0.25) is 0 Å². The van der Waals surface area contributed by atoms with Crippen molar-refractivity contribution in [2.45, 2.75) is 26.5 Å². The maximum absolute atomic E-state index is 11.1. The molecule has 0 radical (unpaired) electrons. The lowest BCUT2D eigenvalue weighted by Gasteiger charge is -2.14. The zero-order valence-corrected chi connectivity index (χ0v) is 10.3. The average Bonchev–Trinajstić information content (AvgIpc) is 2.30. The van der Waals surface area contributed by atoms with Crippen LogP contribution in [0.5, 0.6) is 5.75 Å². The molecule has 0 bridgehead atoms. The monoisotopic (exact) mass is 232 g/mol. The van der Waals surface area contributed by atoms with Crippen LogP contribution >= 0.6 is 0 Å². The van der Waals surface area contributed by atoms with Crippen LogP contribution in [-0.4, -0.2) is 24.0 Å². The summed E-state index contributed by atoms with van der Waals surface area (Å²) in [6.07, 6.45) is 0.142. The second-order valence-electron chi connectivity index (χ2n) is 4.08. The number of ether oxygens (including phenoxy) is 1. The smallest absolute Gasteiger partial charge is 0.325 e. The lowest BCUT2D eigenvalue weighted by molar-refractivity contribution is -0.124. The quantitative estimate of drug-likeness (QED) is 0.746. The van der Waals surface area contributed by atoms with Gasteiger partial charge in [0.1, 0.15) is 5.75 Å². The molecule has 0 unspecified atom stereocenters. The summed E-state index contributed by atoms with van der Waals surface area (Å²) in [5.41, 5.74) is 0.965. The maximum Gasteiger partial charge on any atom is 0.325 e. The molecule has 17 heavy (non-hydrogen) atoms. The SMILES string of the molecule is CC(C)Oc1ccc(CN(C)C(=O)C#N)cc1. The number of hydrogen-bond donors (Lipinski definition) is 0. The highest BCUT2D eigenvalue weighted by Gasteiger charge is 2.07. The summed E-state index contributed by atoms with van der Waals surface area (Å²) in [4.78, 5) is 12.4. The van der Waals surface area contributed by atoms with Gasteiger partial charge in [0.2, 0.25) is 0 Å². The Bertz CT molecular complexity index is 418. The van der Waals surface area contributed by atoms with Gasteiger partial charge < -0.3 is 9.64 Å². The third-order valence-electron chi connectivity index (χ3n) is 2.16. The Hall–Kier alpha value is -2.02. The zero-order chi connectivity index (χ0) is 12.8. The number of nitriles is 1. The van der Waals surface area contributed by atoms with E-state index in [0.29, 0.717) is 6.54 Å². The summed E-state index contributed by atoms with van der Waals surface area (Å²) in [6, 6.07) is 9.08. The Morgan fingerprint density at radius 3 is 2.47 bits per heavy atom. The summed E-state index contributed by atoms with van der Waals surface area (Å²) in [5.74, 6) is 0.269. The summed E-state index contributed by atoms with van der Waals surface area (Å²) < 4.78 is 5.51. The van der Waals surface area contributed by atoms with Gasteiger partial charge in [0.05, 0.1) is 6.10 Å². The molecule has 1 aromatic rings. The van der Waals surface area contributed by atoms with Crippen molar-refractivity contribution in [3.63, 3.8) is 0 Å². The summed E-state index contributed by atoms with van der Waals surface area (Å²) in [5, 5.41) is 8.47. The number of carbonyl (C=O) groups excluding carboxylic acids is 1. The fourth-order valence-corrected chi connectivity index (χ4v) is 1.38. The van der Waals surface area contributed by atoms with Crippen molar-refractivity contribution in [2.24, 2.45) is 0 Å². The van der Waals surface area contributed by atoms with Gasteiger partial charge in [-0.25, -0.2) is 0 Å². The Morgan fingerprint density at radius 2 is 2.00 bits per heavy atom. The maximum atomic E-state index is 11.1. The predicted octanol–water partition coefficient (Wildman–Crippen LogP) is 1.96. The minimum absolute atomic E-state index is 0.142. The first-order valence-electron chi connectivity index (χ1n) is 5.43. The molecule has 0 aliphatic heterocycles.